The van der Waals surface area contributed by atoms with Crippen LogP contribution in [0.3, 0.4) is 0 Å². The van der Waals surface area contributed by atoms with E-state index < -0.39 is 0 Å². The fraction of sp³-hybridized carbons (Fsp3) is 0.105. The van der Waals surface area contributed by atoms with Gasteiger partial charge in [-0.1, -0.05) is 36.4 Å². The summed E-state index contributed by atoms with van der Waals surface area (Å²) in [5.41, 5.74) is 2.09. The van der Waals surface area contributed by atoms with E-state index in [1.165, 1.54) is 6.20 Å². The van der Waals surface area contributed by atoms with E-state index in [1.54, 1.807) is 11.1 Å². The second-order valence-corrected chi connectivity index (χ2v) is 5.16. The number of amides is 1. The number of hydrogen-bond acceptors (Lipinski definition) is 4. The minimum absolute atomic E-state index is 0.164. The lowest BCUT2D eigenvalue weighted by molar-refractivity contribution is 0.0983. The van der Waals surface area contributed by atoms with Gasteiger partial charge in [0.15, 0.2) is 0 Å². The van der Waals surface area contributed by atoms with Crippen molar-refractivity contribution >= 4 is 23.1 Å². The van der Waals surface area contributed by atoms with E-state index in [4.69, 9.17) is 0 Å². The number of aromatic nitrogens is 2. The summed E-state index contributed by atoms with van der Waals surface area (Å²) in [5.74, 6) is 0.433. The van der Waals surface area contributed by atoms with Gasteiger partial charge in [0, 0.05) is 17.9 Å². The smallest absolute Gasteiger partial charge is 0.278 e. The molecule has 0 aliphatic rings. The molecule has 1 aromatic heterocycles. The maximum Gasteiger partial charge on any atom is 0.278 e. The highest BCUT2D eigenvalue weighted by Gasteiger charge is 2.17. The van der Waals surface area contributed by atoms with E-state index in [0.717, 1.165) is 11.4 Å². The van der Waals surface area contributed by atoms with Gasteiger partial charge in [-0.2, -0.15) is 0 Å². The molecule has 0 radical (unpaired) electrons. The Hall–Kier alpha value is -3.21. The zero-order chi connectivity index (χ0) is 16.8. The van der Waals surface area contributed by atoms with Crippen LogP contribution in [0.5, 0.6) is 0 Å². The monoisotopic (exact) mass is 318 g/mol. The summed E-state index contributed by atoms with van der Waals surface area (Å²) in [6.07, 6.45) is 3.07. The lowest BCUT2D eigenvalue weighted by Crippen LogP contribution is -2.31. The largest absolute Gasteiger partial charge is 0.339 e. The summed E-state index contributed by atoms with van der Waals surface area (Å²) in [7, 11) is 0. The maximum atomic E-state index is 12.6. The molecule has 2 aromatic carbocycles. The van der Waals surface area contributed by atoms with E-state index in [-0.39, 0.29) is 5.91 Å². The van der Waals surface area contributed by atoms with Gasteiger partial charge in [-0.25, -0.2) is 9.97 Å². The summed E-state index contributed by atoms with van der Waals surface area (Å²) < 4.78 is 0. The molecule has 0 unspecified atom stereocenters. The number of benzene rings is 2. The van der Waals surface area contributed by atoms with Gasteiger partial charge in [0.25, 0.3) is 5.91 Å². The molecule has 0 atom stereocenters. The van der Waals surface area contributed by atoms with Crippen LogP contribution in [0.2, 0.25) is 0 Å². The molecule has 3 rings (SSSR count). The van der Waals surface area contributed by atoms with Crippen molar-refractivity contribution in [3.8, 4) is 0 Å². The minimum atomic E-state index is -0.164. The second kappa shape index (κ2) is 7.37. The van der Waals surface area contributed by atoms with Gasteiger partial charge >= 0.3 is 0 Å². The summed E-state index contributed by atoms with van der Waals surface area (Å²) >= 11 is 0. The van der Waals surface area contributed by atoms with Crippen LogP contribution in [0.4, 0.5) is 17.2 Å². The standard InChI is InChI=1S/C19H18N4O/c1-2-23(16-11-7-4-8-12-16)19(24)17-13-21-18(14-20-17)22-15-9-5-3-6-10-15/h3-14H,2H2,1H3,(H,21,22). The van der Waals surface area contributed by atoms with Gasteiger partial charge in [0.2, 0.25) is 0 Å². The Labute approximate surface area is 141 Å². The number of nitrogens with one attached hydrogen (secondary N) is 1. The van der Waals surface area contributed by atoms with Crippen LogP contribution >= 0.6 is 0 Å². The van der Waals surface area contributed by atoms with Crippen molar-refractivity contribution in [2.24, 2.45) is 0 Å². The average molecular weight is 318 g/mol. The van der Waals surface area contributed by atoms with Gasteiger partial charge < -0.3 is 10.2 Å². The molecule has 0 aliphatic carbocycles. The zero-order valence-electron chi connectivity index (χ0n) is 13.4. The SMILES string of the molecule is CCN(C(=O)c1cnc(Nc2ccccc2)cn1)c1ccccc1. The predicted molar refractivity (Wildman–Crippen MR) is 95.5 cm³/mol. The molecule has 5 heteroatoms. The van der Waals surface area contributed by atoms with Crippen LogP contribution in [0.1, 0.15) is 17.4 Å². The van der Waals surface area contributed by atoms with Crippen molar-refractivity contribution in [1.29, 1.82) is 0 Å². The Morgan fingerprint density at radius 1 is 0.958 bits per heavy atom. The van der Waals surface area contributed by atoms with Gasteiger partial charge in [0.05, 0.1) is 12.4 Å². The molecule has 120 valence electrons. The van der Waals surface area contributed by atoms with Crippen LogP contribution < -0.4 is 10.2 Å². The number of para-hydroxylation sites is 2. The topological polar surface area (TPSA) is 58.1 Å². The number of hydrogen-bond donors (Lipinski definition) is 1. The van der Waals surface area contributed by atoms with Crippen LogP contribution in [0.25, 0.3) is 0 Å². The summed E-state index contributed by atoms with van der Waals surface area (Å²) in [5, 5.41) is 3.15. The number of anilines is 3. The molecule has 3 aromatic rings. The predicted octanol–water partition coefficient (Wildman–Crippen LogP) is 3.89. The molecule has 24 heavy (non-hydrogen) atoms. The Morgan fingerprint density at radius 2 is 1.62 bits per heavy atom. The third kappa shape index (κ3) is 3.57. The quantitative estimate of drug-likeness (QED) is 0.775. The molecule has 0 saturated heterocycles. The van der Waals surface area contributed by atoms with Crippen molar-refractivity contribution in [2.75, 3.05) is 16.8 Å². The number of carbonyl (C=O) groups excluding carboxylic acids is 1. The Balaban J connectivity index is 1.76. The molecule has 0 aliphatic heterocycles. The average Bonchev–Trinajstić information content (AvgIpc) is 2.65. The molecule has 1 N–H and O–H groups in total. The third-order valence-corrected chi connectivity index (χ3v) is 3.55. The van der Waals surface area contributed by atoms with Crippen molar-refractivity contribution in [3.63, 3.8) is 0 Å². The van der Waals surface area contributed by atoms with Crippen molar-refractivity contribution < 1.29 is 4.79 Å². The lowest BCUT2D eigenvalue weighted by Gasteiger charge is -2.20. The van der Waals surface area contributed by atoms with E-state index in [2.05, 4.69) is 15.3 Å². The van der Waals surface area contributed by atoms with Crippen molar-refractivity contribution in [1.82, 2.24) is 9.97 Å². The Morgan fingerprint density at radius 3 is 2.21 bits per heavy atom. The summed E-state index contributed by atoms with van der Waals surface area (Å²) in [6, 6.07) is 19.2. The Kier molecular flexibility index (Phi) is 4.81. The lowest BCUT2D eigenvalue weighted by atomic mass is 10.2. The first-order valence-electron chi connectivity index (χ1n) is 7.79. The van der Waals surface area contributed by atoms with Crippen LogP contribution in [-0.2, 0) is 0 Å². The molecule has 1 heterocycles. The molecular formula is C19H18N4O. The fourth-order valence-corrected chi connectivity index (χ4v) is 2.36. The van der Waals surface area contributed by atoms with E-state index in [1.807, 2.05) is 67.6 Å². The van der Waals surface area contributed by atoms with Gasteiger partial charge in [-0.15, -0.1) is 0 Å². The Bertz CT molecular complexity index is 789. The molecule has 5 nitrogen and oxygen atoms in total. The normalized spacial score (nSPS) is 10.2. The molecule has 0 fully saturated rings. The minimum Gasteiger partial charge on any atom is -0.339 e. The summed E-state index contributed by atoms with van der Waals surface area (Å²) in [4.78, 5) is 22.9. The van der Waals surface area contributed by atoms with E-state index in [9.17, 15) is 4.79 Å². The van der Waals surface area contributed by atoms with Crippen molar-refractivity contribution in [3.05, 3.63) is 78.8 Å². The zero-order valence-corrected chi connectivity index (χ0v) is 13.4. The number of rotatable bonds is 5. The first-order valence-corrected chi connectivity index (χ1v) is 7.79. The second-order valence-electron chi connectivity index (χ2n) is 5.16. The molecule has 0 bridgehead atoms. The maximum absolute atomic E-state index is 12.6. The fourth-order valence-electron chi connectivity index (χ4n) is 2.36. The number of carbonyl (C=O) groups is 1. The first-order chi connectivity index (χ1) is 11.8. The van der Waals surface area contributed by atoms with Gasteiger partial charge in [-0.05, 0) is 31.2 Å². The van der Waals surface area contributed by atoms with Crippen LogP contribution in [0, 0.1) is 0 Å². The van der Waals surface area contributed by atoms with Crippen LogP contribution in [-0.4, -0.2) is 22.4 Å². The van der Waals surface area contributed by atoms with Crippen molar-refractivity contribution in [2.45, 2.75) is 6.92 Å². The highest BCUT2D eigenvalue weighted by molar-refractivity contribution is 6.04. The number of nitrogens with zero attached hydrogens (tertiary/aromatic N) is 3. The van der Waals surface area contributed by atoms with E-state index in [0.29, 0.717) is 18.1 Å². The highest BCUT2D eigenvalue weighted by Crippen LogP contribution is 2.17. The third-order valence-electron chi connectivity index (χ3n) is 3.55. The molecule has 0 spiro atoms. The summed E-state index contributed by atoms with van der Waals surface area (Å²) in [6.45, 7) is 2.50. The molecular weight excluding hydrogens is 300 g/mol. The highest BCUT2D eigenvalue weighted by atomic mass is 16.2. The van der Waals surface area contributed by atoms with Gasteiger partial charge in [-0.3, -0.25) is 4.79 Å². The van der Waals surface area contributed by atoms with Gasteiger partial charge in [0.1, 0.15) is 11.5 Å². The molecule has 1 amide bonds. The van der Waals surface area contributed by atoms with E-state index >= 15 is 0 Å². The first kappa shape index (κ1) is 15.7. The molecule has 0 saturated carbocycles. The van der Waals surface area contributed by atoms with Crippen LogP contribution in [0.15, 0.2) is 73.1 Å².